The fourth-order valence-electron chi connectivity index (χ4n) is 4.60. The SMILES string of the molecule is CCOC(C)CCNC(=O)COc1ccc(-c2cc(OCC=O)cc(C(=O)NCCNC(=O)CCCC(=O)ON3C(=O)CCC3=O)c2)cc1. The van der Waals surface area contributed by atoms with Gasteiger partial charge in [-0.15, -0.1) is 5.06 Å². The third-order valence-electron chi connectivity index (χ3n) is 7.08. The van der Waals surface area contributed by atoms with E-state index in [9.17, 15) is 33.6 Å². The van der Waals surface area contributed by atoms with Gasteiger partial charge in [-0.2, -0.15) is 0 Å². The smallest absolute Gasteiger partial charge is 0.333 e. The number of imide groups is 1. The average Bonchev–Trinajstić information content (AvgIpc) is 3.40. The molecular formula is C34H42N4O11. The minimum absolute atomic E-state index is 0.00423. The summed E-state index contributed by atoms with van der Waals surface area (Å²) in [5.41, 5.74) is 1.61. The van der Waals surface area contributed by atoms with Crippen molar-refractivity contribution in [1.82, 2.24) is 21.0 Å². The summed E-state index contributed by atoms with van der Waals surface area (Å²) in [6.07, 6.45) is 1.30. The predicted molar refractivity (Wildman–Crippen MR) is 174 cm³/mol. The number of amides is 5. The molecule has 1 aliphatic rings. The number of benzene rings is 2. The van der Waals surface area contributed by atoms with E-state index in [-0.39, 0.29) is 81.9 Å². The van der Waals surface area contributed by atoms with E-state index in [2.05, 4.69) is 16.0 Å². The van der Waals surface area contributed by atoms with Gasteiger partial charge in [0, 0.05) is 57.5 Å². The summed E-state index contributed by atoms with van der Waals surface area (Å²) < 4.78 is 16.5. The van der Waals surface area contributed by atoms with Crippen molar-refractivity contribution in [3.8, 4) is 22.6 Å². The Morgan fingerprint density at radius 1 is 0.837 bits per heavy atom. The average molecular weight is 683 g/mol. The van der Waals surface area contributed by atoms with E-state index in [1.165, 1.54) is 6.07 Å². The van der Waals surface area contributed by atoms with Crippen molar-refractivity contribution in [3.63, 3.8) is 0 Å². The first-order chi connectivity index (χ1) is 23.6. The highest BCUT2D eigenvalue weighted by atomic mass is 16.7. The molecule has 0 aliphatic carbocycles. The highest BCUT2D eigenvalue weighted by Crippen LogP contribution is 2.28. The van der Waals surface area contributed by atoms with Gasteiger partial charge in [0.25, 0.3) is 23.6 Å². The summed E-state index contributed by atoms with van der Waals surface area (Å²) in [5.74, 6) is -2.21. The van der Waals surface area contributed by atoms with Crippen molar-refractivity contribution >= 4 is 41.8 Å². The van der Waals surface area contributed by atoms with E-state index < -0.39 is 23.7 Å². The normalized spacial score (nSPS) is 13.0. The topological polar surface area (TPSA) is 196 Å². The Morgan fingerprint density at radius 3 is 2.22 bits per heavy atom. The molecule has 1 fully saturated rings. The van der Waals surface area contributed by atoms with E-state index in [0.717, 1.165) is 5.56 Å². The lowest BCUT2D eigenvalue weighted by Gasteiger charge is -2.13. The van der Waals surface area contributed by atoms with Crippen LogP contribution in [0.1, 0.15) is 62.7 Å². The van der Waals surface area contributed by atoms with Gasteiger partial charge in [0.1, 0.15) is 18.1 Å². The molecule has 1 aliphatic heterocycles. The molecule has 2 aromatic carbocycles. The molecule has 2 aromatic rings. The van der Waals surface area contributed by atoms with Gasteiger partial charge >= 0.3 is 5.97 Å². The number of nitrogens with zero attached hydrogens (tertiary/aromatic N) is 1. The molecule has 3 rings (SSSR count). The van der Waals surface area contributed by atoms with Crippen LogP contribution in [-0.2, 0) is 38.3 Å². The molecule has 1 saturated heterocycles. The first-order valence-corrected chi connectivity index (χ1v) is 16.0. The first kappa shape index (κ1) is 38.1. The zero-order valence-electron chi connectivity index (χ0n) is 27.6. The molecule has 49 heavy (non-hydrogen) atoms. The van der Waals surface area contributed by atoms with Gasteiger partial charge in [0.2, 0.25) is 5.91 Å². The maximum Gasteiger partial charge on any atom is 0.333 e. The van der Waals surface area contributed by atoms with E-state index in [1.807, 2.05) is 13.8 Å². The molecule has 0 bridgehead atoms. The Bertz CT molecular complexity index is 1460. The van der Waals surface area contributed by atoms with Crippen LogP contribution in [0.5, 0.6) is 11.5 Å². The van der Waals surface area contributed by atoms with E-state index in [1.54, 1.807) is 36.4 Å². The fraction of sp³-hybridized carbons (Fsp3) is 0.441. The van der Waals surface area contributed by atoms with Crippen LogP contribution in [0.25, 0.3) is 11.1 Å². The molecule has 1 unspecified atom stereocenters. The highest BCUT2D eigenvalue weighted by Gasteiger charge is 2.32. The number of hydrogen-bond donors (Lipinski definition) is 3. The molecule has 264 valence electrons. The van der Waals surface area contributed by atoms with Gasteiger partial charge in [-0.05, 0) is 68.1 Å². The molecule has 15 heteroatoms. The third kappa shape index (κ3) is 13.4. The largest absolute Gasteiger partial charge is 0.486 e. The van der Waals surface area contributed by atoms with Crippen LogP contribution in [0.4, 0.5) is 0 Å². The summed E-state index contributed by atoms with van der Waals surface area (Å²) in [6, 6.07) is 11.7. The number of nitrogens with one attached hydrogen (secondary N) is 3. The van der Waals surface area contributed by atoms with Crippen LogP contribution >= 0.6 is 0 Å². The first-order valence-electron chi connectivity index (χ1n) is 16.0. The number of rotatable bonds is 21. The molecule has 0 radical (unpaired) electrons. The minimum Gasteiger partial charge on any atom is -0.486 e. The second kappa shape index (κ2) is 20.1. The molecule has 0 spiro atoms. The number of hydroxylamine groups is 2. The molecule has 3 N–H and O–H groups in total. The molecule has 15 nitrogen and oxygen atoms in total. The van der Waals surface area contributed by atoms with E-state index in [0.29, 0.717) is 48.0 Å². The summed E-state index contributed by atoms with van der Waals surface area (Å²) in [7, 11) is 0. The summed E-state index contributed by atoms with van der Waals surface area (Å²) in [6.45, 7) is 4.82. The van der Waals surface area contributed by atoms with Crippen LogP contribution < -0.4 is 25.4 Å². The van der Waals surface area contributed by atoms with Crippen molar-refractivity contribution in [3.05, 3.63) is 48.0 Å². The van der Waals surface area contributed by atoms with Gasteiger partial charge < -0.3 is 35.0 Å². The van der Waals surface area contributed by atoms with Gasteiger partial charge in [0.15, 0.2) is 12.9 Å². The van der Waals surface area contributed by atoms with Crippen LogP contribution in [0.15, 0.2) is 42.5 Å². The monoisotopic (exact) mass is 682 g/mol. The van der Waals surface area contributed by atoms with Gasteiger partial charge in [-0.1, -0.05) is 12.1 Å². The summed E-state index contributed by atoms with van der Waals surface area (Å²) >= 11 is 0. The lowest BCUT2D eigenvalue weighted by Crippen LogP contribution is -2.34. The lowest BCUT2D eigenvalue weighted by atomic mass is 10.0. The minimum atomic E-state index is -0.786. The van der Waals surface area contributed by atoms with Crippen LogP contribution in [0.3, 0.4) is 0 Å². The van der Waals surface area contributed by atoms with Crippen molar-refractivity contribution < 1.29 is 52.6 Å². The predicted octanol–water partition coefficient (Wildman–Crippen LogP) is 1.86. The van der Waals surface area contributed by atoms with Crippen LogP contribution in [-0.4, -0.2) is 92.4 Å². The number of ether oxygens (including phenoxy) is 3. The molecular weight excluding hydrogens is 640 g/mol. The second-order valence-corrected chi connectivity index (χ2v) is 10.9. The maximum absolute atomic E-state index is 13.0. The number of carbonyl (C=O) groups excluding carboxylic acids is 7. The quantitative estimate of drug-likeness (QED) is 0.0988. The maximum atomic E-state index is 13.0. The van der Waals surface area contributed by atoms with Crippen LogP contribution in [0.2, 0.25) is 0 Å². The van der Waals surface area contributed by atoms with Crippen molar-refractivity contribution in [1.29, 1.82) is 0 Å². The van der Waals surface area contributed by atoms with E-state index >= 15 is 0 Å². The summed E-state index contributed by atoms with van der Waals surface area (Å²) in [4.78, 5) is 87.8. The second-order valence-electron chi connectivity index (χ2n) is 10.9. The summed E-state index contributed by atoms with van der Waals surface area (Å²) in [5, 5.41) is 8.61. The zero-order chi connectivity index (χ0) is 35.6. The Balaban J connectivity index is 1.45. The lowest BCUT2D eigenvalue weighted by molar-refractivity contribution is -0.197. The van der Waals surface area contributed by atoms with Gasteiger partial charge in [-0.3, -0.25) is 28.8 Å². The number of carbonyl (C=O) groups is 7. The Hall–Kier alpha value is -5.31. The Labute approximate surface area is 283 Å². The third-order valence-corrected chi connectivity index (χ3v) is 7.08. The molecule has 1 atom stereocenters. The fourth-order valence-corrected chi connectivity index (χ4v) is 4.60. The van der Waals surface area contributed by atoms with Crippen molar-refractivity contribution in [2.45, 2.75) is 58.5 Å². The van der Waals surface area contributed by atoms with Crippen LogP contribution in [0, 0.1) is 0 Å². The zero-order valence-corrected chi connectivity index (χ0v) is 27.6. The highest BCUT2D eigenvalue weighted by molar-refractivity contribution is 6.01. The molecule has 5 amide bonds. The molecule has 1 heterocycles. The van der Waals surface area contributed by atoms with Crippen molar-refractivity contribution in [2.75, 3.05) is 39.5 Å². The van der Waals surface area contributed by atoms with Gasteiger partial charge in [-0.25, -0.2) is 4.79 Å². The Kier molecular flexibility index (Phi) is 15.7. The number of aldehydes is 1. The molecule has 0 aromatic heterocycles. The van der Waals surface area contributed by atoms with Gasteiger partial charge in [0.05, 0.1) is 6.10 Å². The standard InChI is InChI=1S/C34H42N4O11/c1-3-46-23(2)13-14-35-30(41)22-48-27-9-7-24(8-10-27)25-19-26(21-28(20-25)47-18-17-39)34(45)37-16-15-36-29(40)5-4-6-33(44)49-38-31(42)11-12-32(38)43/h7-10,17,19-21,23H,3-6,11-16,18,22H2,1-2H3,(H,35,41)(H,36,40)(H,37,45). The Morgan fingerprint density at radius 2 is 1.53 bits per heavy atom. The van der Waals surface area contributed by atoms with Crippen molar-refractivity contribution in [2.24, 2.45) is 0 Å². The number of hydrogen-bond acceptors (Lipinski definition) is 11. The van der Waals surface area contributed by atoms with E-state index in [4.69, 9.17) is 19.0 Å². The molecule has 0 saturated carbocycles.